The molecule has 0 aliphatic heterocycles. The molecule has 0 atom stereocenters. The zero-order chi connectivity index (χ0) is 19.8. The number of benzene rings is 2. The largest absolute Gasteiger partial charge is 0.497 e. The third kappa shape index (κ3) is 5.84. The first-order valence-electron chi connectivity index (χ1n) is 7.67. The van der Waals surface area contributed by atoms with Gasteiger partial charge in [-0.25, -0.2) is 4.79 Å². The molecule has 0 bridgehead atoms. The molecule has 0 radical (unpaired) electrons. The molecule has 0 unspecified atom stereocenters. The van der Waals surface area contributed by atoms with Crippen molar-refractivity contribution in [1.82, 2.24) is 0 Å². The van der Waals surface area contributed by atoms with E-state index >= 15 is 0 Å². The standard InChI is InChI=1S/C18H17F2NO6/c1-24-13-7-8-14(15(9-13)25-2)21-16(22)10-26-17(23)11-3-5-12(6-4-11)27-18(19)20/h3-9,18H,10H2,1-2H3,(H,21,22). The lowest BCUT2D eigenvalue weighted by molar-refractivity contribution is -0.119. The summed E-state index contributed by atoms with van der Waals surface area (Å²) < 4.78 is 43.5. The molecule has 144 valence electrons. The number of esters is 1. The van der Waals surface area contributed by atoms with Crippen LogP contribution in [0.2, 0.25) is 0 Å². The summed E-state index contributed by atoms with van der Waals surface area (Å²) in [5.41, 5.74) is 0.472. The van der Waals surface area contributed by atoms with E-state index in [-0.39, 0.29) is 11.3 Å². The second-order valence-electron chi connectivity index (χ2n) is 5.09. The average molecular weight is 381 g/mol. The van der Waals surface area contributed by atoms with Gasteiger partial charge >= 0.3 is 12.6 Å². The number of alkyl halides is 2. The first-order valence-corrected chi connectivity index (χ1v) is 7.67. The average Bonchev–Trinajstić information content (AvgIpc) is 2.66. The maximum Gasteiger partial charge on any atom is 0.387 e. The summed E-state index contributed by atoms with van der Waals surface area (Å²) in [4.78, 5) is 23.9. The number of carbonyl (C=O) groups is 2. The maximum atomic E-state index is 12.1. The Morgan fingerprint density at radius 2 is 1.67 bits per heavy atom. The van der Waals surface area contributed by atoms with E-state index in [2.05, 4.69) is 10.1 Å². The highest BCUT2D eigenvalue weighted by molar-refractivity contribution is 5.96. The summed E-state index contributed by atoms with van der Waals surface area (Å²) in [6.07, 6.45) is 0. The van der Waals surface area contributed by atoms with Crippen molar-refractivity contribution >= 4 is 17.6 Å². The van der Waals surface area contributed by atoms with E-state index in [1.54, 1.807) is 18.2 Å². The van der Waals surface area contributed by atoms with Gasteiger partial charge in [-0.05, 0) is 36.4 Å². The predicted molar refractivity (Wildman–Crippen MR) is 91.5 cm³/mol. The third-order valence-electron chi connectivity index (χ3n) is 3.33. The van der Waals surface area contributed by atoms with Crippen molar-refractivity contribution in [3.8, 4) is 17.2 Å². The number of amides is 1. The van der Waals surface area contributed by atoms with Gasteiger partial charge in [0.1, 0.15) is 17.2 Å². The molecule has 0 aromatic heterocycles. The molecule has 2 aromatic carbocycles. The number of ether oxygens (including phenoxy) is 4. The molecule has 0 spiro atoms. The summed E-state index contributed by atoms with van der Waals surface area (Å²) in [5, 5.41) is 2.55. The van der Waals surface area contributed by atoms with Crippen LogP contribution in [0.3, 0.4) is 0 Å². The molecule has 9 heteroatoms. The van der Waals surface area contributed by atoms with Crippen molar-refractivity contribution in [2.75, 3.05) is 26.1 Å². The Labute approximate surface area is 153 Å². The van der Waals surface area contributed by atoms with Crippen LogP contribution >= 0.6 is 0 Å². The number of hydrogen-bond acceptors (Lipinski definition) is 6. The minimum absolute atomic E-state index is 0.0893. The fraction of sp³-hybridized carbons (Fsp3) is 0.222. The molecular weight excluding hydrogens is 364 g/mol. The second-order valence-corrected chi connectivity index (χ2v) is 5.09. The molecule has 2 aromatic rings. The molecule has 1 amide bonds. The minimum Gasteiger partial charge on any atom is -0.497 e. The highest BCUT2D eigenvalue weighted by atomic mass is 19.3. The molecule has 0 aliphatic carbocycles. The van der Waals surface area contributed by atoms with Crippen molar-refractivity contribution < 1.29 is 37.3 Å². The number of rotatable bonds is 8. The zero-order valence-corrected chi connectivity index (χ0v) is 14.5. The van der Waals surface area contributed by atoms with E-state index in [1.807, 2.05) is 0 Å². The molecule has 0 aliphatic rings. The van der Waals surface area contributed by atoms with E-state index in [0.29, 0.717) is 17.2 Å². The Morgan fingerprint density at radius 3 is 2.26 bits per heavy atom. The molecule has 27 heavy (non-hydrogen) atoms. The number of nitrogens with one attached hydrogen (secondary N) is 1. The van der Waals surface area contributed by atoms with E-state index in [9.17, 15) is 18.4 Å². The summed E-state index contributed by atoms with van der Waals surface area (Å²) >= 11 is 0. The van der Waals surface area contributed by atoms with Gasteiger partial charge < -0.3 is 24.3 Å². The topological polar surface area (TPSA) is 83.1 Å². The molecule has 0 fully saturated rings. The molecule has 7 nitrogen and oxygen atoms in total. The maximum absolute atomic E-state index is 12.1. The van der Waals surface area contributed by atoms with Crippen LogP contribution in [0.4, 0.5) is 14.5 Å². The van der Waals surface area contributed by atoms with Crippen molar-refractivity contribution in [1.29, 1.82) is 0 Å². The lowest BCUT2D eigenvalue weighted by Crippen LogP contribution is -2.21. The minimum atomic E-state index is -2.96. The molecule has 2 rings (SSSR count). The van der Waals surface area contributed by atoms with Gasteiger partial charge in [0.15, 0.2) is 6.61 Å². The number of halogens is 2. The Morgan fingerprint density at radius 1 is 1.00 bits per heavy atom. The van der Waals surface area contributed by atoms with Crippen LogP contribution in [0.25, 0.3) is 0 Å². The van der Waals surface area contributed by atoms with Crippen molar-refractivity contribution in [3.63, 3.8) is 0 Å². The summed E-state index contributed by atoms with van der Waals surface area (Å²) in [6.45, 7) is -3.50. The summed E-state index contributed by atoms with van der Waals surface area (Å²) in [7, 11) is 2.94. The Bertz CT molecular complexity index is 795. The van der Waals surface area contributed by atoms with Crippen LogP contribution in [0, 0.1) is 0 Å². The van der Waals surface area contributed by atoms with Gasteiger partial charge in [-0.1, -0.05) is 0 Å². The van der Waals surface area contributed by atoms with E-state index < -0.39 is 25.1 Å². The normalized spacial score (nSPS) is 10.3. The molecule has 0 saturated carbocycles. The van der Waals surface area contributed by atoms with Gasteiger partial charge in [0.05, 0.1) is 25.5 Å². The number of anilines is 1. The van der Waals surface area contributed by atoms with Crippen LogP contribution in [0.1, 0.15) is 10.4 Å². The lowest BCUT2D eigenvalue weighted by Gasteiger charge is -2.12. The smallest absolute Gasteiger partial charge is 0.387 e. The van der Waals surface area contributed by atoms with Crippen molar-refractivity contribution in [2.24, 2.45) is 0 Å². The fourth-order valence-corrected chi connectivity index (χ4v) is 2.07. The summed E-state index contributed by atoms with van der Waals surface area (Å²) in [6, 6.07) is 9.71. The predicted octanol–water partition coefficient (Wildman–Crippen LogP) is 3.10. The van der Waals surface area contributed by atoms with E-state index in [1.165, 1.54) is 38.5 Å². The molecule has 0 heterocycles. The number of hydrogen-bond donors (Lipinski definition) is 1. The van der Waals surface area contributed by atoms with Crippen LogP contribution in [-0.4, -0.2) is 39.3 Å². The first kappa shape index (κ1) is 20.0. The van der Waals surface area contributed by atoms with Crippen molar-refractivity contribution in [2.45, 2.75) is 6.61 Å². The van der Waals surface area contributed by atoms with E-state index in [4.69, 9.17) is 14.2 Å². The molecule has 1 N–H and O–H groups in total. The van der Waals surface area contributed by atoms with Gasteiger partial charge in [-0.3, -0.25) is 4.79 Å². The molecular formula is C18H17F2NO6. The first-order chi connectivity index (χ1) is 12.9. The SMILES string of the molecule is COc1ccc(NC(=O)COC(=O)c2ccc(OC(F)F)cc2)c(OC)c1. The van der Waals surface area contributed by atoms with Crippen LogP contribution in [-0.2, 0) is 9.53 Å². The van der Waals surface area contributed by atoms with Gasteiger partial charge in [-0.15, -0.1) is 0 Å². The lowest BCUT2D eigenvalue weighted by atomic mass is 10.2. The quantitative estimate of drug-likeness (QED) is 0.708. The molecule has 0 saturated heterocycles. The van der Waals surface area contributed by atoms with Gasteiger partial charge in [-0.2, -0.15) is 8.78 Å². The summed E-state index contributed by atoms with van der Waals surface area (Å²) in [5.74, 6) is -0.523. The highest BCUT2D eigenvalue weighted by Gasteiger charge is 2.13. The second kappa shape index (κ2) is 9.37. The Kier molecular flexibility index (Phi) is 6.93. The van der Waals surface area contributed by atoms with Gasteiger partial charge in [0.2, 0.25) is 0 Å². The fourth-order valence-electron chi connectivity index (χ4n) is 2.07. The van der Waals surface area contributed by atoms with Gasteiger partial charge in [0.25, 0.3) is 5.91 Å². The third-order valence-corrected chi connectivity index (χ3v) is 3.33. The van der Waals surface area contributed by atoms with Crippen molar-refractivity contribution in [3.05, 3.63) is 48.0 Å². The van der Waals surface area contributed by atoms with Crippen LogP contribution in [0.5, 0.6) is 17.2 Å². The number of methoxy groups -OCH3 is 2. The van der Waals surface area contributed by atoms with Crippen LogP contribution in [0.15, 0.2) is 42.5 Å². The monoisotopic (exact) mass is 381 g/mol. The van der Waals surface area contributed by atoms with E-state index in [0.717, 1.165) is 0 Å². The Balaban J connectivity index is 1.90. The highest BCUT2D eigenvalue weighted by Crippen LogP contribution is 2.28. The van der Waals surface area contributed by atoms with Crippen LogP contribution < -0.4 is 19.5 Å². The number of carbonyl (C=O) groups excluding carboxylic acids is 2. The Hall–Kier alpha value is -3.36. The zero-order valence-electron chi connectivity index (χ0n) is 14.5. The van der Waals surface area contributed by atoms with Gasteiger partial charge in [0, 0.05) is 6.07 Å².